The molecule has 0 radical (unpaired) electrons. The van der Waals surface area contributed by atoms with Gasteiger partial charge in [-0.15, -0.1) is 0 Å². The normalized spacial score (nSPS) is 10.1. The summed E-state index contributed by atoms with van der Waals surface area (Å²) in [5.41, 5.74) is 6.82. The summed E-state index contributed by atoms with van der Waals surface area (Å²) < 4.78 is 16.3. The van der Waals surface area contributed by atoms with Crippen molar-refractivity contribution in [2.75, 3.05) is 14.2 Å². The summed E-state index contributed by atoms with van der Waals surface area (Å²) in [6, 6.07) is 9.97. The molecule has 6 heteroatoms. The van der Waals surface area contributed by atoms with Gasteiger partial charge in [0, 0.05) is 11.1 Å². The van der Waals surface area contributed by atoms with E-state index in [0.717, 1.165) is 0 Å². The minimum atomic E-state index is -0.617. The van der Waals surface area contributed by atoms with E-state index in [1.54, 1.807) is 36.4 Å². The van der Waals surface area contributed by atoms with Gasteiger partial charge in [-0.2, -0.15) is 0 Å². The van der Waals surface area contributed by atoms with Gasteiger partial charge in [0.25, 0.3) is 5.91 Å². The average Bonchev–Trinajstić information content (AvgIpc) is 2.58. The summed E-state index contributed by atoms with van der Waals surface area (Å²) in [5.74, 6) is 0.550. The zero-order valence-corrected chi connectivity index (χ0v) is 13.8. The van der Waals surface area contributed by atoms with Crippen LogP contribution in [0.5, 0.6) is 17.2 Å². The Kier molecular flexibility index (Phi) is 5.42. The summed E-state index contributed by atoms with van der Waals surface area (Å²) in [5, 5.41) is 0. The summed E-state index contributed by atoms with van der Waals surface area (Å²) >= 11 is 0. The lowest BCUT2D eigenvalue weighted by molar-refractivity contribution is 0.0992. The second-order valence-electron chi connectivity index (χ2n) is 5.07. The van der Waals surface area contributed by atoms with Crippen LogP contribution in [0.25, 0.3) is 0 Å². The van der Waals surface area contributed by atoms with Crippen molar-refractivity contribution < 1.29 is 23.8 Å². The van der Waals surface area contributed by atoms with Crippen LogP contribution in [0.15, 0.2) is 36.4 Å². The largest absolute Gasteiger partial charge is 0.496 e. The van der Waals surface area contributed by atoms with Crippen LogP contribution in [0.2, 0.25) is 0 Å². The molecule has 6 nitrogen and oxygen atoms in total. The number of ether oxygens (including phenoxy) is 3. The third kappa shape index (κ3) is 3.65. The van der Waals surface area contributed by atoms with Gasteiger partial charge in [0.2, 0.25) is 0 Å². The molecular weight excluding hydrogens is 310 g/mol. The number of primary amides is 1. The molecular formula is C18H19NO5. The number of methoxy groups -OCH3 is 2. The monoisotopic (exact) mass is 329 g/mol. The molecule has 0 unspecified atom stereocenters. The van der Waals surface area contributed by atoms with Crippen molar-refractivity contribution in [1.82, 2.24) is 0 Å². The standard InChI is InChI=1S/C18H19NO5/c1-11(20)12-7-8-15(22-2)13(9-12)10-24-17-14(18(19)21)5-4-6-16(17)23-3/h4-9H,10H2,1-3H3,(H2,19,21). The molecule has 126 valence electrons. The highest BCUT2D eigenvalue weighted by Crippen LogP contribution is 2.32. The lowest BCUT2D eigenvalue weighted by atomic mass is 10.1. The first-order valence-corrected chi connectivity index (χ1v) is 7.25. The smallest absolute Gasteiger partial charge is 0.252 e. The van der Waals surface area contributed by atoms with Gasteiger partial charge in [-0.3, -0.25) is 9.59 Å². The molecule has 2 N–H and O–H groups in total. The Morgan fingerprint density at radius 1 is 1.04 bits per heavy atom. The number of carbonyl (C=O) groups excluding carboxylic acids is 2. The molecule has 2 aromatic carbocycles. The van der Waals surface area contributed by atoms with Gasteiger partial charge in [-0.1, -0.05) is 6.07 Å². The van der Waals surface area contributed by atoms with E-state index < -0.39 is 5.91 Å². The SMILES string of the molecule is COc1ccc(C(C)=O)cc1COc1c(OC)cccc1C(N)=O. The number of rotatable bonds is 7. The minimum Gasteiger partial charge on any atom is -0.496 e. The molecule has 0 bridgehead atoms. The molecule has 24 heavy (non-hydrogen) atoms. The quantitative estimate of drug-likeness (QED) is 0.789. The fourth-order valence-corrected chi connectivity index (χ4v) is 2.28. The lowest BCUT2D eigenvalue weighted by Crippen LogP contribution is -2.14. The van der Waals surface area contributed by atoms with Crippen molar-refractivity contribution in [2.24, 2.45) is 5.73 Å². The van der Waals surface area contributed by atoms with E-state index in [2.05, 4.69) is 0 Å². The lowest BCUT2D eigenvalue weighted by Gasteiger charge is -2.15. The Balaban J connectivity index is 2.36. The highest BCUT2D eigenvalue weighted by atomic mass is 16.5. The molecule has 0 fully saturated rings. The third-order valence-corrected chi connectivity index (χ3v) is 3.52. The predicted molar refractivity (Wildman–Crippen MR) is 88.8 cm³/mol. The van der Waals surface area contributed by atoms with Gasteiger partial charge in [0.1, 0.15) is 12.4 Å². The summed E-state index contributed by atoms with van der Waals surface area (Å²) in [6.45, 7) is 1.57. The van der Waals surface area contributed by atoms with E-state index in [4.69, 9.17) is 19.9 Å². The molecule has 0 atom stereocenters. The van der Waals surface area contributed by atoms with E-state index in [1.165, 1.54) is 21.1 Å². The Hall–Kier alpha value is -3.02. The van der Waals surface area contributed by atoms with Crippen molar-refractivity contribution in [3.63, 3.8) is 0 Å². The van der Waals surface area contributed by atoms with Gasteiger partial charge >= 0.3 is 0 Å². The molecule has 0 aromatic heterocycles. The molecule has 0 aliphatic rings. The predicted octanol–water partition coefficient (Wildman–Crippen LogP) is 2.58. The van der Waals surface area contributed by atoms with Crippen LogP contribution in [0.1, 0.15) is 33.2 Å². The van der Waals surface area contributed by atoms with Crippen molar-refractivity contribution in [3.05, 3.63) is 53.1 Å². The van der Waals surface area contributed by atoms with Crippen LogP contribution in [-0.2, 0) is 6.61 Å². The van der Waals surface area contributed by atoms with Crippen molar-refractivity contribution in [2.45, 2.75) is 13.5 Å². The fraction of sp³-hybridized carbons (Fsp3) is 0.222. The molecule has 1 amide bonds. The number of Topliss-reactive ketones (excluding diaryl/α,β-unsaturated/α-hetero) is 1. The fourth-order valence-electron chi connectivity index (χ4n) is 2.28. The molecule has 0 aliphatic heterocycles. The highest BCUT2D eigenvalue weighted by molar-refractivity contribution is 5.96. The number of amides is 1. The Morgan fingerprint density at radius 2 is 1.75 bits per heavy atom. The third-order valence-electron chi connectivity index (χ3n) is 3.52. The second-order valence-corrected chi connectivity index (χ2v) is 5.07. The van der Waals surface area contributed by atoms with E-state index in [1.807, 2.05) is 0 Å². The molecule has 0 spiro atoms. The van der Waals surface area contributed by atoms with Gasteiger partial charge in [-0.25, -0.2) is 0 Å². The number of hydrogen-bond donors (Lipinski definition) is 1. The van der Waals surface area contributed by atoms with Crippen molar-refractivity contribution in [3.8, 4) is 17.2 Å². The van der Waals surface area contributed by atoms with Crippen LogP contribution < -0.4 is 19.9 Å². The van der Waals surface area contributed by atoms with Crippen LogP contribution in [-0.4, -0.2) is 25.9 Å². The van der Waals surface area contributed by atoms with Gasteiger partial charge in [0.05, 0.1) is 19.8 Å². The maximum Gasteiger partial charge on any atom is 0.252 e. The molecule has 2 rings (SSSR count). The van der Waals surface area contributed by atoms with Gasteiger partial charge in [-0.05, 0) is 37.3 Å². The highest BCUT2D eigenvalue weighted by Gasteiger charge is 2.16. The van der Waals surface area contributed by atoms with Gasteiger partial charge in [0.15, 0.2) is 17.3 Å². The summed E-state index contributed by atoms with van der Waals surface area (Å²) in [7, 11) is 3.01. The molecule has 0 aliphatic carbocycles. The number of para-hydroxylation sites is 1. The average molecular weight is 329 g/mol. The summed E-state index contributed by atoms with van der Waals surface area (Å²) in [4.78, 5) is 23.1. The van der Waals surface area contributed by atoms with E-state index >= 15 is 0 Å². The zero-order chi connectivity index (χ0) is 17.7. The molecule has 2 aromatic rings. The van der Waals surface area contributed by atoms with E-state index in [9.17, 15) is 9.59 Å². The summed E-state index contributed by atoms with van der Waals surface area (Å²) in [6.07, 6.45) is 0. The second kappa shape index (κ2) is 7.50. The molecule has 0 heterocycles. The molecule has 0 saturated carbocycles. The zero-order valence-electron chi connectivity index (χ0n) is 13.8. The number of ketones is 1. The van der Waals surface area contributed by atoms with Crippen LogP contribution in [0, 0.1) is 0 Å². The topological polar surface area (TPSA) is 87.8 Å². The Labute approximate surface area is 140 Å². The first-order chi connectivity index (χ1) is 11.5. The van der Waals surface area contributed by atoms with Crippen molar-refractivity contribution in [1.29, 1.82) is 0 Å². The minimum absolute atomic E-state index is 0.0611. The first kappa shape index (κ1) is 17.3. The van der Waals surface area contributed by atoms with Crippen LogP contribution in [0.4, 0.5) is 0 Å². The number of carbonyl (C=O) groups is 2. The molecule has 0 saturated heterocycles. The maximum atomic E-state index is 11.6. The number of hydrogen-bond acceptors (Lipinski definition) is 5. The Morgan fingerprint density at radius 3 is 2.33 bits per heavy atom. The van der Waals surface area contributed by atoms with Crippen LogP contribution >= 0.6 is 0 Å². The first-order valence-electron chi connectivity index (χ1n) is 7.25. The van der Waals surface area contributed by atoms with Crippen molar-refractivity contribution >= 4 is 11.7 Å². The van der Waals surface area contributed by atoms with E-state index in [-0.39, 0.29) is 23.7 Å². The van der Waals surface area contributed by atoms with E-state index in [0.29, 0.717) is 22.6 Å². The van der Waals surface area contributed by atoms with Gasteiger partial charge < -0.3 is 19.9 Å². The van der Waals surface area contributed by atoms with Crippen LogP contribution in [0.3, 0.4) is 0 Å². The Bertz CT molecular complexity index is 770. The number of benzene rings is 2. The number of nitrogens with two attached hydrogens (primary N) is 1. The maximum absolute atomic E-state index is 11.6.